The summed E-state index contributed by atoms with van der Waals surface area (Å²) in [7, 11) is 0. The van der Waals surface area contributed by atoms with E-state index < -0.39 is 5.82 Å². The summed E-state index contributed by atoms with van der Waals surface area (Å²) in [5, 5.41) is 7.79. The molecule has 0 amide bonds. The van der Waals surface area contributed by atoms with Gasteiger partial charge in [0.1, 0.15) is 29.1 Å². The number of rotatable bonds is 8. The predicted octanol–water partition coefficient (Wildman–Crippen LogP) is 8.93. The summed E-state index contributed by atoms with van der Waals surface area (Å²) in [6.45, 7) is 3.75. The molecule has 0 aliphatic heterocycles. The summed E-state index contributed by atoms with van der Waals surface area (Å²) in [5.41, 5.74) is 6.43. The molecule has 1 aliphatic rings. The molecule has 6 nitrogen and oxygen atoms in total. The van der Waals surface area contributed by atoms with Crippen molar-refractivity contribution in [1.82, 2.24) is 10.1 Å². The number of carbonyl (C=O) groups is 1. The van der Waals surface area contributed by atoms with Crippen LogP contribution in [0.25, 0.3) is 33.7 Å². The van der Waals surface area contributed by atoms with Crippen molar-refractivity contribution in [3.8, 4) is 33.7 Å². The van der Waals surface area contributed by atoms with Crippen LogP contribution in [0.15, 0.2) is 89.5 Å². The van der Waals surface area contributed by atoms with E-state index in [2.05, 4.69) is 15.5 Å². The minimum absolute atomic E-state index is 0.0837. The van der Waals surface area contributed by atoms with E-state index in [9.17, 15) is 9.18 Å². The van der Waals surface area contributed by atoms with Crippen molar-refractivity contribution in [3.05, 3.63) is 107 Å². The van der Waals surface area contributed by atoms with E-state index in [0.29, 0.717) is 39.2 Å². The molecule has 1 N–H and O–H groups in total. The number of aryl methyl sites for hydroxylation is 1. The molecular weight excluding hydrogens is 541 g/mol. The molecule has 0 radical (unpaired) electrons. The first kappa shape index (κ1) is 26.7. The van der Waals surface area contributed by atoms with Crippen LogP contribution in [0.4, 0.5) is 15.9 Å². The first-order valence-electron chi connectivity index (χ1n) is 13.4. The van der Waals surface area contributed by atoms with Gasteiger partial charge in [0.25, 0.3) is 0 Å². The smallest absolute Gasteiger partial charge is 0.309 e. The van der Waals surface area contributed by atoms with Crippen molar-refractivity contribution < 1.29 is 18.4 Å². The largest absolute Gasteiger partial charge is 0.458 e. The fourth-order valence-electron chi connectivity index (χ4n) is 4.63. The number of esters is 1. The van der Waals surface area contributed by atoms with E-state index in [-0.39, 0.29) is 18.0 Å². The maximum atomic E-state index is 13.9. The second-order valence-corrected chi connectivity index (χ2v) is 10.7. The molecule has 8 heteroatoms. The monoisotopic (exact) mass is 567 g/mol. The van der Waals surface area contributed by atoms with E-state index >= 15 is 0 Å². The molecule has 2 heterocycles. The van der Waals surface area contributed by atoms with Crippen molar-refractivity contribution >= 4 is 29.1 Å². The number of nitrogens with one attached hydrogen (secondary N) is 1. The molecule has 0 saturated heterocycles. The van der Waals surface area contributed by atoms with Crippen LogP contribution in [0.3, 0.4) is 0 Å². The Kier molecular flexibility index (Phi) is 7.28. The maximum Gasteiger partial charge on any atom is 0.309 e. The number of nitrogens with zero attached hydrogens (tertiary/aromatic N) is 2. The second kappa shape index (κ2) is 11.2. The second-order valence-electron chi connectivity index (χ2n) is 10.2. The quantitative estimate of drug-likeness (QED) is 0.189. The van der Waals surface area contributed by atoms with Gasteiger partial charge < -0.3 is 14.6 Å². The zero-order valence-corrected chi connectivity index (χ0v) is 23.3. The number of pyridine rings is 1. The molecule has 2 aromatic heterocycles. The minimum Gasteiger partial charge on any atom is -0.458 e. The lowest BCUT2D eigenvalue weighted by molar-refractivity contribution is -0.150. The molecule has 5 aromatic rings. The zero-order chi connectivity index (χ0) is 28.5. The van der Waals surface area contributed by atoms with Crippen LogP contribution in [0.5, 0.6) is 0 Å². The summed E-state index contributed by atoms with van der Waals surface area (Å²) >= 11 is 6.04. The van der Waals surface area contributed by atoms with Crippen molar-refractivity contribution in [2.24, 2.45) is 5.92 Å². The van der Waals surface area contributed by atoms with E-state index in [1.165, 1.54) is 12.1 Å². The van der Waals surface area contributed by atoms with Crippen LogP contribution < -0.4 is 5.32 Å². The van der Waals surface area contributed by atoms with Gasteiger partial charge in [0, 0.05) is 16.1 Å². The van der Waals surface area contributed by atoms with Crippen LogP contribution in [0.2, 0.25) is 5.02 Å². The maximum absolute atomic E-state index is 13.9. The van der Waals surface area contributed by atoms with Gasteiger partial charge in [-0.05, 0) is 73.7 Å². The summed E-state index contributed by atoms with van der Waals surface area (Å²) in [4.78, 5) is 16.6. The Morgan fingerprint density at radius 1 is 0.976 bits per heavy atom. The number of ether oxygens (including phenoxy) is 1. The molecule has 1 atom stereocenters. The van der Waals surface area contributed by atoms with Gasteiger partial charge in [-0.1, -0.05) is 71.4 Å². The van der Waals surface area contributed by atoms with Crippen LogP contribution in [-0.2, 0) is 9.53 Å². The Balaban J connectivity index is 1.19. The Bertz CT molecular complexity index is 1690. The molecule has 41 heavy (non-hydrogen) atoms. The normalized spacial score (nSPS) is 13.6. The van der Waals surface area contributed by atoms with Crippen LogP contribution in [0.1, 0.15) is 37.1 Å². The van der Waals surface area contributed by atoms with Crippen molar-refractivity contribution in [3.63, 3.8) is 0 Å². The van der Waals surface area contributed by atoms with Gasteiger partial charge in [0.2, 0.25) is 0 Å². The summed E-state index contributed by atoms with van der Waals surface area (Å²) in [5.74, 6) is 0.697. The summed E-state index contributed by atoms with van der Waals surface area (Å²) in [6, 6.07) is 25.8. The topological polar surface area (TPSA) is 77.2 Å². The molecule has 1 unspecified atom stereocenters. The van der Waals surface area contributed by atoms with Crippen LogP contribution >= 0.6 is 11.6 Å². The molecule has 3 aromatic carbocycles. The molecule has 1 aliphatic carbocycles. The third-order valence-corrected chi connectivity index (χ3v) is 7.31. The Labute approximate surface area is 242 Å². The fraction of sp³-hybridized carbons (Fsp3) is 0.182. The van der Waals surface area contributed by atoms with Crippen LogP contribution in [0, 0.1) is 18.7 Å². The van der Waals surface area contributed by atoms with Gasteiger partial charge in [-0.2, -0.15) is 0 Å². The Hall–Kier alpha value is -4.49. The minimum atomic E-state index is -0.423. The van der Waals surface area contributed by atoms with Gasteiger partial charge in [-0.3, -0.25) is 4.79 Å². The molecular formula is C33H27ClFN3O3. The van der Waals surface area contributed by atoms with Crippen molar-refractivity contribution in [2.45, 2.75) is 32.8 Å². The van der Waals surface area contributed by atoms with Gasteiger partial charge in [-0.15, -0.1) is 0 Å². The average molecular weight is 568 g/mol. The lowest BCUT2D eigenvalue weighted by atomic mass is 10.0. The number of benzene rings is 3. The summed E-state index contributed by atoms with van der Waals surface area (Å²) < 4.78 is 25.2. The highest BCUT2D eigenvalue weighted by Gasteiger charge is 2.32. The van der Waals surface area contributed by atoms with E-state index in [1.807, 2.05) is 74.5 Å². The van der Waals surface area contributed by atoms with Gasteiger partial charge in [0.15, 0.2) is 5.76 Å². The fourth-order valence-corrected chi connectivity index (χ4v) is 4.85. The van der Waals surface area contributed by atoms with Crippen molar-refractivity contribution in [2.75, 3.05) is 5.32 Å². The first-order chi connectivity index (χ1) is 19.8. The molecule has 6 rings (SSSR count). The highest BCUT2D eigenvalue weighted by Crippen LogP contribution is 2.35. The lowest BCUT2D eigenvalue weighted by Crippen LogP contribution is -2.10. The van der Waals surface area contributed by atoms with Crippen LogP contribution in [-0.4, -0.2) is 16.1 Å². The van der Waals surface area contributed by atoms with Gasteiger partial charge in [0.05, 0.1) is 11.6 Å². The number of carbonyl (C=O) groups excluding carboxylic acids is 1. The number of hydrogen-bond donors (Lipinski definition) is 1. The average Bonchev–Trinajstić information content (AvgIpc) is 3.77. The number of anilines is 2. The highest BCUT2D eigenvalue weighted by molar-refractivity contribution is 6.30. The Morgan fingerprint density at radius 2 is 1.66 bits per heavy atom. The molecule has 1 saturated carbocycles. The standard InChI is InChI=1S/C33H27ClFN3O3/c1-19-31(37-30-5-3-4-29(36-30)26-16-27(34)18-28(35)17-26)32(41-38-19)24-12-10-23(11-13-24)22-8-6-21(7-9-22)20(2)40-33(39)25-14-15-25/h3-13,16-18,20,25H,14-15H2,1-2H3,(H,36,37). The lowest BCUT2D eigenvalue weighted by Gasteiger charge is -2.14. The first-order valence-corrected chi connectivity index (χ1v) is 13.8. The Morgan fingerprint density at radius 3 is 2.34 bits per heavy atom. The van der Waals surface area contributed by atoms with Gasteiger partial charge >= 0.3 is 5.97 Å². The number of aromatic nitrogens is 2. The number of halogens is 2. The van der Waals surface area contributed by atoms with E-state index in [1.54, 1.807) is 12.1 Å². The SMILES string of the molecule is Cc1noc(-c2ccc(-c3ccc(C(C)OC(=O)C4CC4)cc3)cc2)c1Nc1cccc(-c2cc(F)cc(Cl)c2)n1. The van der Waals surface area contributed by atoms with Crippen molar-refractivity contribution in [1.29, 1.82) is 0 Å². The summed E-state index contributed by atoms with van der Waals surface area (Å²) in [6.07, 6.45) is 1.59. The predicted molar refractivity (Wildman–Crippen MR) is 157 cm³/mol. The van der Waals surface area contributed by atoms with E-state index in [0.717, 1.165) is 35.1 Å². The molecule has 0 bridgehead atoms. The van der Waals surface area contributed by atoms with E-state index in [4.69, 9.17) is 20.9 Å². The third-order valence-electron chi connectivity index (χ3n) is 7.09. The molecule has 1 fully saturated rings. The molecule has 0 spiro atoms. The number of hydrogen-bond acceptors (Lipinski definition) is 6. The highest BCUT2D eigenvalue weighted by atomic mass is 35.5. The van der Waals surface area contributed by atoms with Gasteiger partial charge in [-0.25, -0.2) is 9.37 Å². The molecule has 206 valence electrons. The zero-order valence-electron chi connectivity index (χ0n) is 22.5. The third kappa shape index (κ3) is 6.00.